The SMILES string of the molecule is CC(C)(C)C(=O)C(NC(=O)CCC1CC(=O)NC1=O)C(C)(C)C. The van der Waals surface area contributed by atoms with E-state index in [9.17, 15) is 19.2 Å². The van der Waals surface area contributed by atoms with Crippen LogP contribution in [0.4, 0.5) is 0 Å². The van der Waals surface area contributed by atoms with Gasteiger partial charge in [0, 0.05) is 24.2 Å². The van der Waals surface area contributed by atoms with Crippen LogP contribution in [0.1, 0.15) is 60.8 Å². The molecule has 0 aromatic carbocycles. The number of rotatable bonds is 5. The van der Waals surface area contributed by atoms with Crippen molar-refractivity contribution in [2.45, 2.75) is 66.8 Å². The van der Waals surface area contributed by atoms with E-state index >= 15 is 0 Å². The molecule has 1 fully saturated rings. The first kappa shape index (κ1) is 19.3. The number of amides is 3. The van der Waals surface area contributed by atoms with E-state index in [-0.39, 0.29) is 36.3 Å². The van der Waals surface area contributed by atoms with Crippen LogP contribution < -0.4 is 10.6 Å². The quantitative estimate of drug-likeness (QED) is 0.751. The molecule has 1 aliphatic heterocycles. The smallest absolute Gasteiger partial charge is 0.230 e. The third-order valence-corrected chi connectivity index (χ3v) is 3.96. The highest BCUT2D eigenvalue weighted by Crippen LogP contribution is 2.28. The summed E-state index contributed by atoms with van der Waals surface area (Å²) in [6.07, 6.45) is 0.565. The standard InChI is InChI=1S/C17H28N2O4/c1-16(2,3)13(14(22)17(4,5)6)18-11(20)8-7-10-9-12(21)19-15(10)23/h10,13H,7-9H2,1-6H3,(H,18,20)(H,19,21,23). The van der Waals surface area contributed by atoms with Gasteiger partial charge < -0.3 is 5.32 Å². The predicted octanol–water partition coefficient (Wildman–Crippen LogP) is 1.58. The van der Waals surface area contributed by atoms with Crippen LogP contribution in [0, 0.1) is 16.7 Å². The fourth-order valence-corrected chi connectivity index (χ4v) is 2.49. The molecule has 1 rings (SSSR count). The molecular formula is C17H28N2O4. The zero-order chi connectivity index (χ0) is 18.0. The molecule has 1 heterocycles. The van der Waals surface area contributed by atoms with Crippen molar-refractivity contribution in [2.75, 3.05) is 0 Å². The summed E-state index contributed by atoms with van der Waals surface area (Å²) in [6, 6.07) is -0.589. The fourth-order valence-electron chi connectivity index (χ4n) is 2.49. The van der Waals surface area contributed by atoms with Crippen LogP contribution >= 0.6 is 0 Å². The van der Waals surface area contributed by atoms with Gasteiger partial charge in [-0.05, 0) is 11.8 Å². The topological polar surface area (TPSA) is 92.3 Å². The molecule has 0 radical (unpaired) electrons. The van der Waals surface area contributed by atoms with E-state index in [1.165, 1.54) is 0 Å². The van der Waals surface area contributed by atoms with E-state index in [0.717, 1.165) is 0 Å². The summed E-state index contributed by atoms with van der Waals surface area (Å²) in [5.41, 5.74) is -0.955. The lowest BCUT2D eigenvalue weighted by molar-refractivity contribution is -0.135. The zero-order valence-electron chi connectivity index (χ0n) is 14.9. The lowest BCUT2D eigenvalue weighted by Crippen LogP contribution is -2.52. The minimum absolute atomic E-state index is 0.0212. The summed E-state index contributed by atoms with van der Waals surface area (Å²) >= 11 is 0. The average Bonchev–Trinajstić information content (AvgIpc) is 2.68. The lowest BCUT2D eigenvalue weighted by atomic mass is 9.75. The van der Waals surface area contributed by atoms with Crippen molar-refractivity contribution in [3.05, 3.63) is 0 Å². The minimum atomic E-state index is -0.589. The van der Waals surface area contributed by atoms with E-state index in [4.69, 9.17) is 0 Å². The summed E-state index contributed by atoms with van der Waals surface area (Å²) in [4.78, 5) is 47.4. The van der Waals surface area contributed by atoms with E-state index in [1.807, 2.05) is 41.5 Å². The predicted molar refractivity (Wildman–Crippen MR) is 86.3 cm³/mol. The van der Waals surface area contributed by atoms with Crippen molar-refractivity contribution >= 4 is 23.5 Å². The van der Waals surface area contributed by atoms with Crippen LogP contribution in [0.3, 0.4) is 0 Å². The van der Waals surface area contributed by atoms with Crippen LogP contribution in [-0.2, 0) is 19.2 Å². The molecule has 3 amide bonds. The number of Topliss-reactive ketones (excluding diaryl/α,β-unsaturated/α-hetero) is 1. The van der Waals surface area contributed by atoms with Crippen LogP contribution in [0.5, 0.6) is 0 Å². The molecule has 130 valence electrons. The molecule has 0 aromatic heterocycles. The average molecular weight is 324 g/mol. The first-order valence-corrected chi connectivity index (χ1v) is 7.99. The molecule has 2 N–H and O–H groups in total. The third kappa shape index (κ3) is 5.44. The third-order valence-electron chi connectivity index (χ3n) is 3.96. The van der Waals surface area contributed by atoms with Gasteiger partial charge in [0.15, 0.2) is 5.78 Å². The van der Waals surface area contributed by atoms with Gasteiger partial charge in [-0.1, -0.05) is 41.5 Å². The van der Waals surface area contributed by atoms with Crippen LogP contribution in [0.2, 0.25) is 0 Å². The summed E-state index contributed by atoms with van der Waals surface area (Å²) in [7, 11) is 0. The van der Waals surface area contributed by atoms with Gasteiger partial charge in [-0.2, -0.15) is 0 Å². The van der Waals surface area contributed by atoms with Crippen molar-refractivity contribution in [3.8, 4) is 0 Å². The number of imide groups is 1. The van der Waals surface area contributed by atoms with Gasteiger partial charge in [0.1, 0.15) is 0 Å². The molecule has 6 nitrogen and oxygen atoms in total. The van der Waals surface area contributed by atoms with Crippen LogP contribution in [-0.4, -0.2) is 29.5 Å². The maximum Gasteiger partial charge on any atom is 0.230 e. The Morgan fingerprint density at radius 1 is 1.17 bits per heavy atom. The molecule has 0 spiro atoms. The maximum atomic E-state index is 12.6. The van der Waals surface area contributed by atoms with Crippen molar-refractivity contribution in [1.29, 1.82) is 0 Å². The van der Waals surface area contributed by atoms with E-state index in [1.54, 1.807) is 0 Å². The second kappa shape index (κ2) is 6.81. The first-order valence-electron chi connectivity index (χ1n) is 7.99. The highest BCUT2D eigenvalue weighted by Gasteiger charge is 2.38. The highest BCUT2D eigenvalue weighted by atomic mass is 16.2. The molecule has 0 bridgehead atoms. The Hall–Kier alpha value is -1.72. The van der Waals surface area contributed by atoms with Crippen molar-refractivity contribution in [3.63, 3.8) is 0 Å². The van der Waals surface area contributed by atoms with Crippen molar-refractivity contribution in [1.82, 2.24) is 10.6 Å². The van der Waals surface area contributed by atoms with Crippen LogP contribution in [0.15, 0.2) is 0 Å². The number of carbonyl (C=O) groups excluding carboxylic acids is 4. The molecule has 1 saturated heterocycles. The number of hydrogen-bond donors (Lipinski definition) is 2. The first-order chi connectivity index (χ1) is 10.3. The summed E-state index contributed by atoms with van der Waals surface area (Å²) in [5, 5.41) is 5.04. The second-order valence-corrected chi connectivity index (χ2v) is 8.33. The minimum Gasteiger partial charge on any atom is -0.346 e. The van der Waals surface area contributed by atoms with E-state index < -0.39 is 22.8 Å². The maximum absolute atomic E-state index is 12.6. The summed E-state index contributed by atoms with van der Waals surface area (Å²) < 4.78 is 0. The number of hydrogen-bond acceptors (Lipinski definition) is 4. The summed E-state index contributed by atoms with van der Waals surface area (Å²) in [6.45, 7) is 11.2. The molecular weight excluding hydrogens is 296 g/mol. The monoisotopic (exact) mass is 324 g/mol. The van der Waals surface area contributed by atoms with Gasteiger partial charge in [0.2, 0.25) is 17.7 Å². The van der Waals surface area contributed by atoms with Gasteiger partial charge in [0.05, 0.1) is 6.04 Å². The Morgan fingerprint density at radius 2 is 1.74 bits per heavy atom. The normalized spacial score (nSPS) is 20.2. The molecule has 6 heteroatoms. The molecule has 1 aliphatic rings. The number of ketones is 1. The van der Waals surface area contributed by atoms with Crippen LogP contribution in [0.25, 0.3) is 0 Å². The molecule has 2 unspecified atom stereocenters. The summed E-state index contributed by atoms with van der Waals surface area (Å²) in [5.74, 6) is -1.35. The van der Waals surface area contributed by atoms with Gasteiger partial charge >= 0.3 is 0 Å². The Kier molecular flexibility index (Phi) is 5.72. The Labute approximate surface area is 137 Å². The Balaban J connectivity index is 2.66. The van der Waals surface area contributed by atoms with Gasteiger partial charge in [-0.15, -0.1) is 0 Å². The fraction of sp³-hybridized carbons (Fsp3) is 0.765. The number of nitrogens with one attached hydrogen (secondary N) is 2. The number of carbonyl (C=O) groups is 4. The zero-order valence-corrected chi connectivity index (χ0v) is 14.9. The molecule has 0 aliphatic carbocycles. The Bertz CT molecular complexity index is 512. The van der Waals surface area contributed by atoms with Gasteiger partial charge in [0.25, 0.3) is 0 Å². The highest BCUT2D eigenvalue weighted by molar-refractivity contribution is 6.03. The molecule has 23 heavy (non-hydrogen) atoms. The molecule has 0 aromatic rings. The van der Waals surface area contributed by atoms with E-state index in [0.29, 0.717) is 6.42 Å². The van der Waals surface area contributed by atoms with Gasteiger partial charge in [-0.25, -0.2) is 0 Å². The van der Waals surface area contributed by atoms with Crippen molar-refractivity contribution in [2.24, 2.45) is 16.7 Å². The van der Waals surface area contributed by atoms with Gasteiger partial charge in [-0.3, -0.25) is 24.5 Å². The second-order valence-electron chi connectivity index (χ2n) is 8.33. The van der Waals surface area contributed by atoms with E-state index in [2.05, 4.69) is 10.6 Å². The molecule has 0 saturated carbocycles. The Morgan fingerprint density at radius 3 is 2.13 bits per heavy atom. The lowest BCUT2D eigenvalue weighted by Gasteiger charge is -2.34. The largest absolute Gasteiger partial charge is 0.346 e. The molecule has 2 atom stereocenters. The van der Waals surface area contributed by atoms with Crippen molar-refractivity contribution < 1.29 is 19.2 Å².